The Morgan fingerprint density at radius 3 is 2.80 bits per heavy atom. The SMILES string of the molecule is Cc1cc(NCC(F)(F)c2cccc[n+]2[O-])n2nc(Nc3cc(Cl)ccc3-n3cncn3)nc2n1. The van der Waals surface area contributed by atoms with E-state index in [4.69, 9.17) is 11.6 Å². The first-order valence-corrected chi connectivity index (χ1v) is 10.6. The molecular formula is C21H17ClF2N10O. The summed E-state index contributed by atoms with van der Waals surface area (Å²) in [7, 11) is 0. The zero-order valence-corrected chi connectivity index (χ0v) is 18.9. The van der Waals surface area contributed by atoms with Crippen molar-refractivity contribution in [2.24, 2.45) is 0 Å². The Kier molecular flexibility index (Phi) is 5.61. The number of pyridine rings is 1. The summed E-state index contributed by atoms with van der Waals surface area (Å²) in [5.74, 6) is -2.88. The predicted molar refractivity (Wildman–Crippen MR) is 123 cm³/mol. The highest BCUT2D eigenvalue weighted by Gasteiger charge is 2.39. The Hall–Kier alpha value is -4.39. The van der Waals surface area contributed by atoms with Crippen LogP contribution in [0.2, 0.25) is 5.02 Å². The molecule has 0 aliphatic rings. The molecule has 0 aliphatic carbocycles. The first kappa shape index (κ1) is 22.4. The number of nitrogens with one attached hydrogen (secondary N) is 2. The molecule has 5 rings (SSSR count). The van der Waals surface area contributed by atoms with Crippen molar-refractivity contribution >= 4 is 34.8 Å². The molecule has 0 aliphatic heterocycles. The van der Waals surface area contributed by atoms with E-state index in [0.29, 0.717) is 22.1 Å². The van der Waals surface area contributed by atoms with Crippen LogP contribution >= 0.6 is 11.6 Å². The van der Waals surface area contributed by atoms with Crippen molar-refractivity contribution in [2.75, 3.05) is 17.2 Å². The molecule has 0 bridgehead atoms. The van der Waals surface area contributed by atoms with E-state index >= 15 is 0 Å². The second kappa shape index (κ2) is 8.76. The van der Waals surface area contributed by atoms with Gasteiger partial charge in [0.05, 0.1) is 17.9 Å². The Morgan fingerprint density at radius 2 is 2.03 bits per heavy atom. The number of benzene rings is 1. The molecule has 178 valence electrons. The zero-order valence-electron chi connectivity index (χ0n) is 18.1. The van der Waals surface area contributed by atoms with E-state index < -0.39 is 18.2 Å². The number of hydrogen-bond acceptors (Lipinski definition) is 8. The van der Waals surface area contributed by atoms with Crippen molar-refractivity contribution in [2.45, 2.75) is 12.8 Å². The van der Waals surface area contributed by atoms with Crippen LogP contribution in [0.5, 0.6) is 0 Å². The molecule has 14 heteroatoms. The molecule has 0 radical (unpaired) electrons. The summed E-state index contributed by atoms with van der Waals surface area (Å²) in [5, 5.41) is 26.5. The van der Waals surface area contributed by atoms with Crippen molar-refractivity contribution < 1.29 is 13.5 Å². The van der Waals surface area contributed by atoms with Crippen LogP contribution in [0.4, 0.5) is 26.2 Å². The summed E-state index contributed by atoms with van der Waals surface area (Å²) in [4.78, 5) is 12.6. The zero-order chi connectivity index (χ0) is 24.6. The second-order valence-corrected chi connectivity index (χ2v) is 7.96. The number of halogens is 3. The standard InChI is InChI=1S/C21H17ClF2N10O/c1-13-8-18(26-10-21(23,24)17-4-2-3-7-33(17)35)34-20(28-13)30-19(31-34)29-15-9-14(22)5-6-16(15)32-12-25-11-27-32/h2-9,11-12,26H,10H2,1H3,(H,29,31). The number of aryl methyl sites for hydroxylation is 1. The molecule has 0 unspecified atom stereocenters. The van der Waals surface area contributed by atoms with Crippen molar-refractivity contribution in [1.29, 1.82) is 0 Å². The number of fused-ring (bicyclic) bond motifs is 1. The highest BCUT2D eigenvalue weighted by Crippen LogP contribution is 2.28. The van der Waals surface area contributed by atoms with E-state index in [0.717, 1.165) is 12.3 Å². The molecule has 1 aromatic carbocycles. The quantitative estimate of drug-likeness (QED) is 0.259. The Balaban J connectivity index is 1.45. The number of hydrogen-bond donors (Lipinski definition) is 2. The molecule has 2 N–H and O–H groups in total. The van der Waals surface area contributed by atoms with Crippen LogP contribution < -0.4 is 15.4 Å². The Bertz CT molecular complexity index is 1510. The molecule has 0 saturated heterocycles. The summed E-state index contributed by atoms with van der Waals surface area (Å²) in [6.07, 6.45) is 3.94. The minimum Gasteiger partial charge on any atom is -0.618 e. The van der Waals surface area contributed by atoms with Crippen molar-refractivity contribution in [1.82, 2.24) is 34.3 Å². The molecule has 0 fully saturated rings. The number of anilines is 3. The van der Waals surface area contributed by atoms with Gasteiger partial charge in [0.25, 0.3) is 11.5 Å². The van der Waals surface area contributed by atoms with Gasteiger partial charge in [-0.2, -0.15) is 28.1 Å². The molecule has 0 spiro atoms. The fraction of sp³-hybridized carbons (Fsp3) is 0.143. The third-order valence-electron chi connectivity index (χ3n) is 5.00. The molecule has 5 aromatic rings. The number of rotatable bonds is 7. The largest absolute Gasteiger partial charge is 0.618 e. The predicted octanol–water partition coefficient (Wildman–Crippen LogP) is 3.25. The number of alkyl halides is 2. The van der Waals surface area contributed by atoms with E-state index in [-0.39, 0.29) is 22.3 Å². The first-order valence-electron chi connectivity index (χ1n) is 10.3. The van der Waals surface area contributed by atoms with Crippen molar-refractivity contribution in [3.63, 3.8) is 0 Å². The summed E-state index contributed by atoms with van der Waals surface area (Å²) in [6.45, 7) is 0.860. The molecule has 4 aromatic heterocycles. The van der Waals surface area contributed by atoms with Crippen LogP contribution in [-0.2, 0) is 5.92 Å². The number of aromatic nitrogens is 8. The van der Waals surface area contributed by atoms with Gasteiger partial charge in [0, 0.05) is 28.9 Å². The van der Waals surface area contributed by atoms with Crippen LogP contribution in [0, 0.1) is 12.1 Å². The molecule has 11 nitrogen and oxygen atoms in total. The fourth-order valence-corrected chi connectivity index (χ4v) is 3.60. The molecule has 4 heterocycles. The van der Waals surface area contributed by atoms with E-state index in [1.54, 1.807) is 31.2 Å². The fourth-order valence-electron chi connectivity index (χ4n) is 3.43. The maximum Gasteiger partial charge on any atom is 0.347 e. The first-order chi connectivity index (χ1) is 16.8. The molecule has 0 amide bonds. The summed E-state index contributed by atoms with van der Waals surface area (Å²) >= 11 is 6.17. The minimum absolute atomic E-state index is 0.143. The van der Waals surface area contributed by atoms with Gasteiger partial charge in [0.1, 0.15) is 18.5 Å². The van der Waals surface area contributed by atoms with Gasteiger partial charge in [-0.3, -0.25) is 0 Å². The van der Waals surface area contributed by atoms with Gasteiger partial charge in [0.15, 0.2) is 6.20 Å². The highest BCUT2D eigenvalue weighted by molar-refractivity contribution is 6.31. The van der Waals surface area contributed by atoms with Gasteiger partial charge in [-0.05, 0) is 31.2 Å². The molecule has 35 heavy (non-hydrogen) atoms. The maximum atomic E-state index is 14.7. The van der Waals surface area contributed by atoms with E-state index in [9.17, 15) is 14.0 Å². The lowest BCUT2D eigenvalue weighted by atomic mass is 10.2. The minimum atomic E-state index is -3.44. The third-order valence-corrected chi connectivity index (χ3v) is 5.24. The Morgan fingerprint density at radius 1 is 1.17 bits per heavy atom. The van der Waals surface area contributed by atoms with Gasteiger partial charge >= 0.3 is 5.92 Å². The average molecular weight is 499 g/mol. The average Bonchev–Trinajstić information content (AvgIpc) is 3.48. The van der Waals surface area contributed by atoms with E-state index in [1.165, 1.54) is 34.0 Å². The third kappa shape index (κ3) is 4.53. The van der Waals surface area contributed by atoms with Crippen LogP contribution in [0.25, 0.3) is 11.5 Å². The highest BCUT2D eigenvalue weighted by atomic mass is 35.5. The van der Waals surface area contributed by atoms with Gasteiger partial charge in [-0.1, -0.05) is 11.6 Å². The second-order valence-electron chi connectivity index (χ2n) is 7.53. The van der Waals surface area contributed by atoms with Gasteiger partial charge in [-0.15, -0.1) is 5.10 Å². The van der Waals surface area contributed by atoms with Crippen LogP contribution in [0.1, 0.15) is 11.4 Å². The summed E-state index contributed by atoms with van der Waals surface area (Å²) in [6, 6.07) is 10.5. The smallest absolute Gasteiger partial charge is 0.347 e. The molecule has 0 saturated carbocycles. The van der Waals surface area contributed by atoms with Gasteiger partial charge < -0.3 is 15.8 Å². The lowest BCUT2D eigenvalue weighted by Crippen LogP contribution is -2.41. The van der Waals surface area contributed by atoms with Crippen LogP contribution in [0.15, 0.2) is 61.3 Å². The lowest BCUT2D eigenvalue weighted by Gasteiger charge is -2.17. The summed E-state index contributed by atoms with van der Waals surface area (Å²) in [5.41, 5.74) is 1.05. The lowest BCUT2D eigenvalue weighted by molar-refractivity contribution is -0.624. The van der Waals surface area contributed by atoms with E-state index in [1.807, 2.05) is 0 Å². The Labute approximate surface area is 201 Å². The number of nitrogens with zero attached hydrogens (tertiary/aromatic N) is 8. The van der Waals surface area contributed by atoms with E-state index in [2.05, 4.69) is 35.8 Å². The maximum absolute atomic E-state index is 14.7. The summed E-state index contributed by atoms with van der Waals surface area (Å²) < 4.78 is 32.4. The van der Waals surface area contributed by atoms with Crippen LogP contribution in [0.3, 0.4) is 0 Å². The molecular weight excluding hydrogens is 482 g/mol. The van der Waals surface area contributed by atoms with Crippen molar-refractivity contribution in [3.8, 4) is 5.69 Å². The van der Waals surface area contributed by atoms with Gasteiger partial charge in [0.2, 0.25) is 5.95 Å². The normalized spacial score (nSPS) is 11.7. The monoisotopic (exact) mass is 498 g/mol. The van der Waals surface area contributed by atoms with Crippen molar-refractivity contribution in [3.05, 3.63) is 82.9 Å². The van der Waals surface area contributed by atoms with Crippen LogP contribution in [-0.4, -0.2) is 40.9 Å². The van der Waals surface area contributed by atoms with Gasteiger partial charge in [-0.25, -0.2) is 14.6 Å². The molecule has 0 atom stereocenters. The topological polar surface area (TPSA) is 125 Å².